The number of sulfone groups is 1. The van der Waals surface area contributed by atoms with Gasteiger partial charge in [-0.2, -0.15) is 0 Å². The maximum Gasteiger partial charge on any atom is 0.262 e. The van der Waals surface area contributed by atoms with E-state index in [1.807, 2.05) is 32.2 Å². The molecule has 0 aromatic heterocycles. The Morgan fingerprint density at radius 2 is 1.91 bits per heavy atom. The monoisotopic (exact) mass is 812 g/mol. The molecule has 2 aliphatic carbocycles. The Hall–Kier alpha value is -2.61. The maximum absolute atomic E-state index is 14.1. The van der Waals surface area contributed by atoms with Crippen molar-refractivity contribution >= 4 is 48.6 Å². The predicted octanol–water partition coefficient (Wildman–Crippen LogP) is 4.98. The highest BCUT2D eigenvalue weighted by atomic mass is 35.5. The molecule has 2 saturated heterocycles. The van der Waals surface area contributed by atoms with E-state index in [1.54, 1.807) is 6.07 Å². The van der Waals surface area contributed by atoms with Gasteiger partial charge in [0, 0.05) is 80.2 Å². The average Bonchev–Trinajstić information content (AvgIpc) is 3.28. The number of aryl methyl sites for hydroxylation is 1. The van der Waals surface area contributed by atoms with Crippen LogP contribution in [0.1, 0.15) is 67.4 Å². The van der Waals surface area contributed by atoms with Crippen molar-refractivity contribution in [1.29, 1.82) is 0 Å². The van der Waals surface area contributed by atoms with E-state index in [0.29, 0.717) is 38.2 Å². The highest BCUT2D eigenvalue weighted by Gasteiger charge is 2.50. The summed E-state index contributed by atoms with van der Waals surface area (Å²) in [7, 11) is -4.24. The van der Waals surface area contributed by atoms with Gasteiger partial charge in [-0.3, -0.25) is 19.3 Å². The molecule has 1 saturated carbocycles. The summed E-state index contributed by atoms with van der Waals surface area (Å²) >= 11 is 6.52. The molecule has 0 radical (unpaired) electrons. The van der Waals surface area contributed by atoms with Gasteiger partial charge >= 0.3 is 0 Å². The van der Waals surface area contributed by atoms with Crippen LogP contribution in [0.3, 0.4) is 0 Å². The Kier molecular flexibility index (Phi) is 10.7. The molecule has 8 rings (SSSR count). The van der Waals surface area contributed by atoms with E-state index in [4.69, 9.17) is 21.1 Å². The predicted molar refractivity (Wildman–Crippen MR) is 222 cm³/mol. The van der Waals surface area contributed by atoms with Crippen molar-refractivity contribution in [1.82, 2.24) is 14.5 Å². The molecule has 1 amide bonds. The highest BCUT2D eigenvalue weighted by molar-refractivity contribution is 7.99. The highest BCUT2D eigenvalue weighted by Crippen LogP contribution is 2.49. The van der Waals surface area contributed by atoms with Gasteiger partial charge in [0.1, 0.15) is 11.4 Å². The van der Waals surface area contributed by atoms with Gasteiger partial charge in [0.2, 0.25) is 0 Å². The Labute approximate surface area is 333 Å². The van der Waals surface area contributed by atoms with Crippen LogP contribution in [-0.2, 0) is 36.1 Å². The number of fused-ring (bicyclic) bond motifs is 5. The third-order valence-electron chi connectivity index (χ3n) is 14.1. The fraction of sp³-hybridized carbons (Fsp3) is 0.619. The lowest BCUT2D eigenvalue weighted by molar-refractivity contribution is -0.0981. The molecule has 1 spiro atoms. The first kappa shape index (κ1) is 39.2. The lowest BCUT2D eigenvalue weighted by Crippen LogP contribution is -2.63. The Morgan fingerprint density at radius 3 is 2.69 bits per heavy atom. The lowest BCUT2D eigenvalue weighted by atomic mass is 9.63. The molecule has 10 nitrogen and oxygen atoms in total. The quantitative estimate of drug-likeness (QED) is 0.339. The van der Waals surface area contributed by atoms with Crippen LogP contribution < -0.4 is 14.4 Å². The van der Waals surface area contributed by atoms with E-state index in [-0.39, 0.29) is 46.0 Å². The summed E-state index contributed by atoms with van der Waals surface area (Å²) in [6.07, 6.45) is 10.1. The summed E-state index contributed by atoms with van der Waals surface area (Å²) in [5.41, 5.74) is 2.97. The van der Waals surface area contributed by atoms with Crippen molar-refractivity contribution in [3.8, 4) is 5.75 Å². The summed E-state index contributed by atoms with van der Waals surface area (Å²) in [5.74, 6) is 5.31. The molecule has 2 aromatic carbocycles. The molecule has 2 bridgehead atoms. The second-order valence-corrected chi connectivity index (χ2v) is 22.5. The number of hydrogen-bond donors (Lipinski definition) is 1. The van der Waals surface area contributed by atoms with Gasteiger partial charge in [0.25, 0.3) is 5.91 Å². The standard InChI is InChI=1S/C42H57ClN4O6S2/c1-29-7-5-16-42(52-3,27-45-17-18-46-19-20-55(50,51)25-35(46)24-45)37-12-9-33(37)23-47-26-41(15-6-8-31-21-34(43)11-13-36(31)41)28-53-39-14-10-32(22-38(39)47)40(48)44-54(4,49)30(29)2/h5,10-11,13-14,16,21-22,29-30,33,35,37H,4,6-9,12,15,17-20,23-28H2,1-3H3,(H,44,48,49)/b16-5+/t29-,30+,33-,35+,37+,41-,42-,54?/m0/s1. The van der Waals surface area contributed by atoms with E-state index >= 15 is 0 Å². The van der Waals surface area contributed by atoms with E-state index < -0.39 is 31.1 Å². The molecule has 4 heterocycles. The number of halogens is 1. The minimum absolute atomic E-state index is 0.0118. The van der Waals surface area contributed by atoms with Gasteiger partial charge in [-0.05, 0) is 111 Å². The molecule has 6 aliphatic rings. The smallest absolute Gasteiger partial charge is 0.262 e. The van der Waals surface area contributed by atoms with E-state index in [0.717, 1.165) is 74.7 Å². The SMILES string of the molecule is C=S1(=O)NC(=O)c2ccc3c(c2)N(C[C@@H]2CC[C@H]2[C@](CN2CCN4CCS(=O)(=O)C[C@H]4C2)(OC)/C=C/C[C@H](C)[C@H]1C)C[C@@]1(CCCc2cc(Cl)ccc21)CO3. The molecular weight excluding hydrogens is 756 g/mol. The molecule has 8 atom stereocenters. The molecule has 55 heavy (non-hydrogen) atoms. The van der Waals surface area contributed by atoms with Gasteiger partial charge in [-0.1, -0.05) is 36.7 Å². The number of nitrogens with zero attached hydrogens (tertiary/aromatic N) is 3. The topological polar surface area (TPSA) is 108 Å². The normalized spacial score (nSPS) is 37.3. The Balaban J connectivity index is 1.18. The van der Waals surface area contributed by atoms with Gasteiger partial charge < -0.3 is 14.4 Å². The van der Waals surface area contributed by atoms with Crippen LogP contribution in [0, 0.1) is 17.8 Å². The van der Waals surface area contributed by atoms with Crippen molar-refractivity contribution in [3.63, 3.8) is 0 Å². The van der Waals surface area contributed by atoms with Crippen LogP contribution in [0.2, 0.25) is 5.02 Å². The molecular formula is C42H57ClN4O6S2. The second kappa shape index (κ2) is 15.0. The average molecular weight is 814 g/mol. The largest absolute Gasteiger partial charge is 0.490 e. The molecule has 300 valence electrons. The first-order valence-corrected chi connectivity index (χ1v) is 24.1. The number of ether oxygens (including phenoxy) is 2. The van der Waals surface area contributed by atoms with Crippen molar-refractivity contribution < 1.29 is 26.9 Å². The third kappa shape index (κ3) is 7.60. The molecule has 3 fully saturated rings. The Bertz CT molecular complexity index is 2060. The number of methoxy groups -OCH3 is 1. The number of amides is 1. The van der Waals surface area contributed by atoms with Crippen molar-refractivity contribution in [2.75, 3.05) is 75.9 Å². The van der Waals surface area contributed by atoms with Gasteiger partial charge in [0.15, 0.2) is 9.84 Å². The van der Waals surface area contributed by atoms with Gasteiger partial charge in [-0.25, -0.2) is 12.6 Å². The fourth-order valence-electron chi connectivity index (χ4n) is 10.4. The summed E-state index contributed by atoms with van der Waals surface area (Å²) in [5, 5.41) is 0.358. The zero-order chi connectivity index (χ0) is 38.8. The Morgan fingerprint density at radius 1 is 1.07 bits per heavy atom. The molecule has 13 heteroatoms. The summed E-state index contributed by atoms with van der Waals surface area (Å²) in [4.78, 5) is 21.1. The number of carbonyl (C=O) groups excluding carboxylic acids is 1. The zero-order valence-electron chi connectivity index (χ0n) is 32.5. The number of rotatable bonds is 3. The minimum atomic E-state index is -3.06. The van der Waals surface area contributed by atoms with Crippen LogP contribution in [-0.4, -0.2) is 122 Å². The van der Waals surface area contributed by atoms with Crippen molar-refractivity contribution in [3.05, 3.63) is 70.3 Å². The van der Waals surface area contributed by atoms with Crippen molar-refractivity contribution in [2.24, 2.45) is 17.8 Å². The summed E-state index contributed by atoms with van der Waals surface area (Å²) in [6, 6.07) is 11.9. The molecule has 4 aliphatic heterocycles. The molecule has 1 unspecified atom stereocenters. The first-order chi connectivity index (χ1) is 26.2. The number of benzene rings is 2. The molecule has 1 N–H and O–H groups in total. The first-order valence-electron chi connectivity index (χ1n) is 20.1. The lowest BCUT2D eigenvalue weighted by Gasteiger charge is -2.53. The van der Waals surface area contributed by atoms with Gasteiger partial charge in [0.05, 0.1) is 33.5 Å². The van der Waals surface area contributed by atoms with Crippen LogP contribution in [0.5, 0.6) is 5.75 Å². The fourth-order valence-corrected chi connectivity index (χ4v) is 13.7. The minimum Gasteiger partial charge on any atom is -0.490 e. The summed E-state index contributed by atoms with van der Waals surface area (Å²) in [6.45, 7) is 9.62. The number of nitrogens with one attached hydrogen (secondary N) is 1. The number of carbonyl (C=O) groups is 1. The maximum atomic E-state index is 14.1. The number of anilines is 1. The number of piperazine rings is 1. The van der Waals surface area contributed by atoms with E-state index in [1.165, 1.54) is 11.1 Å². The van der Waals surface area contributed by atoms with Crippen LogP contribution in [0.25, 0.3) is 0 Å². The van der Waals surface area contributed by atoms with E-state index in [9.17, 15) is 17.4 Å². The molecule has 2 aromatic rings. The van der Waals surface area contributed by atoms with Crippen LogP contribution in [0.15, 0.2) is 48.6 Å². The number of hydrogen-bond acceptors (Lipinski definition) is 9. The summed E-state index contributed by atoms with van der Waals surface area (Å²) < 4.78 is 55.7. The van der Waals surface area contributed by atoms with Crippen LogP contribution >= 0.6 is 11.6 Å². The third-order valence-corrected chi connectivity index (χ3v) is 18.2. The van der Waals surface area contributed by atoms with E-state index in [2.05, 4.69) is 56.5 Å². The number of allylic oxidation sites excluding steroid dienone is 1. The van der Waals surface area contributed by atoms with Crippen molar-refractivity contribution in [2.45, 2.75) is 74.7 Å². The van der Waals surface area contributed by atoms with Gasteiger partial charge in [-0.15, -0.1) is 0 Å². The second-order valence-electron chi connectivity index (χ2n) is 17.4. The zero-order valence-corrected chi connectivity index (χ0v) is 34.9. The van der Waals surface area contributed by atoms with Crippen LogP contribution in [0.4, 0.5) is 5.69 Å².